The summed E-state index contributed by atoms with van der Waals surface area (Å²) in [5, 5.41) is 11.1. The highest BCUT2D eigenvalue weighted by atomic mass is 79.9. The maximum atomic E-state index is 10.8. The monoisotopic (exact) mass is 306 g/mol. The summed E-state index contributed by atoms with van der Waals surface area (Å²) in [6.07, 6.45) is 1.95. The summed E-state index contributed by atoms with van der Waals surface area (Å²) in [6, 6.07) is 1.34. The Morgan fingerprint density at radius 1 is 1.62 bits per heavy atom. The van der Waals surface area contributed by atoms with E-state index in [0.717, 1.165) is 0 Å². The first kappa shape index (κ1) is 13.4. The molecule has 1 aromatic rings. The lowest BCUT2D eigenvalue weighted by atomic mass is 10.1. The Morgan fingerprint density at radius 3 is 2.75 bits per heavy atom. The van der Waals surface area contributed by atoms with Crippen LogP contribution in [0.15, 0.2) is 12.3 Å². The highest BCUT2D eigenvalue weighted by molar-refractivity contribution is 9.09. The minimum atomic E-state index is -0.450. The van der Waals surface area contributed by atoms with Gasteiger partial charge >= 0.3 is 0 Å². The van der Waals surface area contributed by atoms with E-state index in [1.54, 1.807) is 0 Å². The van der Waals surface area contributed by atoms with Gasteiger partial charge in [0.2, 0.25) is 0 Å². The summed E-state index contributed by atoms with van der Waals surface area (Å²) in [6.45, 7) is 4.09. The normalized spacial score (nSPS) is 12.8. The van der Waals surface area contributed by atoms with Gasteiger partial charge in [0, 0.05) is 23.5 Å². The van der Waals surface area contributed by atoms with Crippen molar-refractivity contribution < 1.29 is 4.92 Å². The number of nitro groups is 1. The van der Waals surface area contributed by atoms with Crippen molar-refractivity contribution in [1.82, 2.24) is 4.98 Å². The molecule has 0 amide bonds. The van der Waals surface area contributed by atoms with Crippen molar-refractivity contribution in [3.8, 4) is 0 Å². The number of aromatic nitrogens is 1. The summed E-state index contributed by atoms with van der Waals surface area (Å²) in [5.74, 6) is 0.386. The molecule has 1 atom stereocenters. The lowest BCUT2D eigenvalue weighted by Gasteiger charge is -2.12. The summed E-state index contributed by atoms with van der Waals surface area (Å²) < 4.78 is 0. The number of nitrogens with zero attached hydrogens (tertiary/aromatic N) is 2. The van der Waals surface area contributed by atoms with Gasteiger partial charge in [0.25, 0.3) is 5.69 Å². The summed E-state index contributed by atoms with van der Waals surface area (Å²) in [5.41, 5.74) is 0.447. The Hall–Kier alpha value is -0.680. The van der Waals surface area contributed by atoms with E-state index in [9.17, 15) is 10.1 Å². The van der Waals surface area contributed by atoms with Crippen molar-refractivity contribution in [2.75, 3.05) is 0 Å². The van der Waals surface area contributed by atoms with Gasteiger partial charge in [-0.2, -0.15) is 0 Å². The minimum absolute atomic E-state index is 0.0161. The first-order valence-electron chi connectivity index (χ1n) is 4.84. The largest absolute Gasteiger partial charge is 0.292 e. The van der Waals surface area contributed by atoms with Crippen LogP contribution >= 0.6 is 27.5 Å². The summed E-state index contributed by atoms with van der Waals surface area (Å²) in [4.78, 5) is 14.6. The molecule has 0 radical (unpaired) electrons. The molecule has 1 rings (SSSR count). The van der Waals surface area contributed by atoms with Gasteiger partial charge in [-0.05, 0) is 5.92 Å². The minimum Gasteiger partial charge on any atom is -0.258 e. The molecule has 16 heavy (non-hydrogen) atoms. The Bertz CT molecular complexity index is 398. The zero-order chi connectivity index (χ0) is 12.3. The average molecular weight is 308 g/mol. The quantitative estimate of drug-likeness (QED) is 0.485. The number of halogens is 2. The van der Waals surface area contributed by atoms with E-state index in [1.807, 2.05) is 13.8 Å². The Kier molecular flexibility index (Phi) is 4.68. The fourth-order valence-electron chi connectivity index (χ4n) is 1.19. The van der Waals surface area contributed by atoms with E-state index in [1.165, 1.54) is 12.3 Å². The molecule has 1 heterocycles. The molecule has 0 aromatic carbocycles. The van der Waals surface area contributed by atoms with Gasteiger partial charge in [0.05, 0.1) is 9.95 Å². The molecule has 1 unspecified atom stereocenters. The van der Waals surface area contributed by atoms with Crippen molar-refractivity contribution in [2.45, 2.75) is 25.1 Å². The highest BCUT2D eigenvalue weighted by Gasteiger charge is 2.20. The van der Waals surface area contributed by atoms with Crippen molar-refractivity contribution in [3.05, 3.63) is 33.1 Å². The molecule has 0 saturated carbocycles. The fourth-order valence-corrected chi connectivity index (χ4v) is 1.65. The van der Waals surface area contributed by atoms with Gasteiger partial charge in [-0.25, -0.2) is 0 Å². The van der Waals surface area contributed by atoms with Gasteiger partial charge in [-0.3, -0.25) is 15.1 Å². The van der Waals surface area contributed by atoms with E-state index in [-0.39, 0.29) is 15.5 Å². The molecular weight excluding hydrogens is 295 g/mol. The Balaban J connectivity index is 2.99. The summed E-state index contributed by atoms with van der Waals surface area (Å²) in [7, 11) is 0. The van der Waals surface area contributed by atoms with Crippen LogP contribution in [0.5, 0.6) is 0 Å². The topological polar surface area (TPSA) is 56.0 Å². The number of hydrogen-bond donors (Lipinski definition) is 0. The number of pyridine rings is 1. The van der Waals surface area contributed by atoms with Crippen molar-refractivity contribution in [1.29, 1.82) is 0 Å². The van der Waals surface area contributed by atoms with Gasteiger partial charge in [-0.1, -0.05) is 41.4 Å². The zero-order valence-electron chi connectivity index (χ0n) is 8.98. The van der Waals surface area contributed by atoms with Gasteiger partial charge in [0.1, 0.15) is 5.69 Å². The van der Waals surface area contributed by atoms with E-state index < -0.39 is 4.92 Å². The molecule has 0 saturated heterocycles. The van der Waals surface area contributed by atoms with Crippen LogP contribution in [0.3, 0.4) is 0 Å². The Labute approximate surface area is 107 Å². The maximum absolute atomic E-state index is 10.8. The van der Waals surface area contributed by atoms with Crippen LogP contribution < -0.4 is 0 Å². The molecule has 0 aliphatic rings. The average Bonchev–Trinajstić information content (AvgIpc) is 2.20. The molecular formula is C10H12BrClN2O2. The molecule has 1 aromatic heterocycles. The molecule has 0 aliphatic carbocycles. The van der Waals surface area contributed by atoms with Gasteiger partial charge < -0.3 is 0 Å². The first-order chi connectivity index (χ1) is 7.41. The van der Waals surface area contributed by atoms with Crippen LogP contribution in [0, 0.1) is 16.0 Å². The second-order valence-corrected chi connectivity index (χ2v) is 5.45. The second-order valence-electron chi connectivity index (χ2n) is 3.84. The van der Waals surface area contributed by atoms with Gasteiger partial charge in [0.15, 0.2) is 0 Å². The lowest BCUT2D eigenvalue weighted by Crippen LogP contribution is -2.13. The van der Waals surface area contributed by atoms with Crippen LogP contribution in [0.4, 0.5) is 5.69 Å². The van der Waals surface area contributed by atoms with Crippen LogP contribution in [0.25, 0.3) is 0 Å². The molecule has 6 heteroatoms. The highest BCUT2D eigenvalue weighted by Crippen LogP contribution is 2.25. The molecule has 88 valence electrons. The van der Waals surface area contributed by atoms with Crippen LogP contribution in [-0.4, -0.2) is 14.7 Å². The number of alkyl halides is 1. The SMILES string of the molecule is CC(C)C(Br)Cc1ncc(Cl)cc1[N+](=O)[O-]. The Morgan fingerprint density at radius 2 is 2.25 bits per heavy atom. The molecule has 0 N–H and O–H groups in total. The van der Waals surface area contributed by atoms with Crippen molar-refractivity contribution in [3.63, 3.8) is 0 Å². The predicted octanol–water partition coefficient (Wildman–Crippen LogP) is 3.61. The summed E-state index contributed by atoms with van der Waals surface area (Å²) >= 11 is 9.17. The third-order valence-electron chi connectivity index (χ3n) is 2.22. The molecule has 0 aliphatic heterocycles. The van der Waals surface area contributed by atoms with Crippen molar-refractivity contribution >= 4 is 33.2 Å². The zero-order valence-corrected chi connectivity index (χ0v) is 11.3. The number of rotatable bonds is 4. The van der Waals surface area contributed by atoms with E-state index >= 15 is 0 Å². The van der Waals surface area contributed by atoms with Crippen LogP contribution in [0.2, 0.25) is 5.02 Å². The van der Waals surface area contributed by atoms with E-state index in [4.69, 9.17) is 11.6 Å². The lowest BCUT2D eigenvalue weighted by molar-refractivity contribution is -0.385. The molecule has 4 nitrogen and oxygen atoms in total. The first-order valence-corrected chi connectivity index (χ1v) is 6.14. The predicted molar refractivity (Wildman–Crippen MR) is 67.2 cm³/mol. The standard InChI is InChI=1S/C10H12BrClN2O2/c1-6(2)8(11)4-9-10(14(15)16)3-7(12)5-13-9/h3,5-6,8H,4H2,1-2H3. The van der Waals surface area contributed by atoms with Gasteiger partial charge in [-0.15, -0.1) is 0 Å². The van der Waals surface area contributed by atoms with E-state index in [2.05, 4.69) is 20.9 Å². The van der Waals surface area contributed by atoms with Crippen LogP contribution in [-0.2, 0) is 6.42 Å². The molecule has 0 fully saturated rings. The van der Waals surface area contributed by atoms with E-state index in [0.29, 0.717) is 18.0 Å². The van der Waals surface area contributed by atoms with Crippen LogP contribution in [0.1, 0.15) is 19.5 Å². The van der Waals surface area contributed by atoms with Crippen molar-refractivity contribution in [2.24, 2.45) is 5.92 Å². The molecule has 0 spiro atoms. The smallest absolute Gasteiger partial charge is 0.258 e. The third-order valence-corrected chi connectivity index (χ3v) is 3.81. The maximum Gasteiger partial charge on any atom is 0.292 e. The molecule has 0 bridgehead atoms. The third kappa shape index (κ3) is 3.42. The number of hydrogen-bond acceptors (Lipinski definition) is 3. The second kappa shape index (κ2) is 5.59. The fraction of sp³-hybridized carbons (Fsp3) is 0.500.